The van der Waals surface area contributed by atoms with Crippen LogP contribution in [-0.4, -0.2) is 48.1 Å². The van der Waals surface area contributed by atoms with E-state index in [-0.39, 0.29) is 30.4 Å². The Labute approximate surface area is 165 Å². The van der Waals surface area contributed by atoms with Gasteiger partial charge in [0.15, 0.2) is 0 Å². The fourth-order valence-electron chi connectivity index (χ4n) is 4.53. The van der Waals surface area contributed by atoms with E-state index in [9.17, 15) is 9.59 Å². The molecular formula is C20H28ClN3O3. The predicted octanol–water partition coefficient (Wildman–Crippen LogP) is 3.48. The van der Waals surface area contributed by atoms with Gasteiger partial charge in [0.1, 0.15) is 11.3 Å². The van der Waals surface area contributed by atoms with Gasteiger partial charge in [-0.15, -0.1) is 0 Å². The number of ether oxygens (including phenoxy) is 1. The maximum absolute atomic E-state index is 13.2. The minimum atomic E-state index is -0.760. The van der Waals surface area contributed by atoms with Crippen LogP contribution in [0.2, 0.25) is 5.02 Å². The fraction of sp³-hybridized carbons (Fsp3) is 0.600. The van der Waals surface area contributed by atoms with Crippen LogP contribution in [0.4, 0.5) is 4.79 Å². The van der Waals surface area contributed by atoms with Crippen LogP contribution in [0.15, 0.2) is 18.2 Å². The Kier molecular flexibility index (Phi) is 5.68. The van der Waals surface area contributed by atoms with Crippen molar-refractivity contribution in [3.05, 3.63) is 28.8 Å². The normalized spacial score (nSPS) is 28.1. The van der Waals surface area contributed by atoms with Crippen molar-refractivity contribution in [2.75, 3.05) is 20.8 Å². The van der Waals surface area contributed by atoms with Crippen molar-refractivity contribution < 1.29 is 14.3 Å². The summed E-state index contributed by atoms with van der Waals surface area (Å²) in [4.78, 5) is 29.1. The zero-order chi connectivity index (χ0) is 19.8. The summed E-state index contributed by atoms with van der Waals surface area (Å²) in [6.07, 6.45) is 3.02. The molecule has 7 heteroatoms. The van der Waals surface area contributed by atoms with E-state index in [1.54, 1.807) is 13.2 Å². The van der Waals surface area contributed by atoms with Gasteiger partial charge in [0.05, 0.1) is 13.8 Å². The second-order valence-corrected chi connectivity index (χ2v) is 8.31. The topological polar surface area (TPSA) is 61.9 Å². The third kappa shape index (κ3) is 3.52. The largest absolute Gasteiger partial charge is 0.496 e. The lowest BCUT2D eigenvalue weighted by atomic mass is 9.67. The van der Waals surface area contributed by atoms with Crippen LogP contribution in [0, 0.1) is 11.8 Å². The van der Waals surface area contributed by atoms with E-state index >= 15 is 0 Å². The van der Waals surface area contributed by atoms with Crippen LogP contribution in [0.25, 0.3) is 0 Å². The number of nitrogens with one attached hydrogen (secondary N) is 1. The Hall–Kier alpha value is -1.79. The molecule has 3 rings (SSSR count). The number of halogens is 1. The number of carbonyl (C=O) groups excluding carboxylic acids is 2. The summed E-state index contributed by atoms with van der Waals surface area (Å²) in [6.45, 7) is 4.87. The molecular weight excluding hydrogens is 366 g/mol. The third-order valence-electron chi connectivity index (χ3n) is 6.05. The molecule has 2 aliphatic rings. The Bertz CT molecular complexity index is 729. The van der Waals surface area contributed by atoms with E-state index in [1.165, 1.54) is 4.90 Å². The van der Waals surface area contributed by atoms with Crippen molar-refractivity contribution >= 4 is 23.5 Å². The molecule has 1 saturated heterocycles. The number of urea groups is 1. The van der Waals surface area contributed by atoms with Crippen molar-refractivity contribution in [2.45, 2.75) is 45.2 Å². The molecule has 0 bridgehead atoms. The third-order valence-corrected chi connectivity index (χ3v) is 6.29. The van der Waals surface area contributed by atoms with E-state index in [2.05, 4.69) is 19.2 Å². The highest BCUT2D eigenvalue weighted by Gasteiger charge is 2.58. The molecule has 2 atom stereocenters. The van der Waals surface area contributed by atoms with E-state index < -0.39 is 5.54 Å². The predicted molar refractivity (Wildman–Crippen MR) is 105 cm³/mol. The summed E-state index contributed by atoms with van der Waals surface area (Å²) in [7, 11) is 3.49. The lowest BCUT2D eigenvalue weighted by molar-refractivity contribution is -0.137. The van der Waals surface area contributed by atoms with Crippen LogP contribution >= 0.6 is 11.6 Å². The molecule has 0 aromatic heterocycles. The van der Waals surface area contributed by atoms with E-state index in [0.29, 0.717) is 11.6 Å². The molecule has 1 saturated carbocycles. The zero-order valence-electron chi connectivity index (χ0n) is 16.4. The van der Waals surface area contributed by atoms with Gasteiger partial charge in [-0.2, -0.15) is 0 Å². The molecule has 1 aliphatic heterocycles. The number of rotatable bonds is 5. The van der Waals surface area contributed by atoms with Gasteiger partial charge in [-0.1, -0.05) is 31.9 Å². The smallest absolute Gasteiger partial charge is 0.326 e. The van der Waals surface area contributed by atoms with Crippen molar-refractivity contribution in [1.29, 1.82) is 0 Å². The quantitative estimate of drug-likeness (QED) is 0.778. The zero-order valence-corrected chi connectivity index (χ0v) is 17.2. The van der Waals surface area contributed by atoms with Gasteiger partial charge in [-0.05, 0) is 49.9 Å². The SMILES string of the molecule is COc1ccc(Cl)cc1CN(C)CN1C(=O)NC2(C1=O)C(C)CCCC2C. The van der Waals surface area contributed by atoms with E-state index in [1.807, 2.05) is 24.1 Å². The number of hydrogen-bond donors (Lipinski definition) is 1. The second kappa shape index (κ2) is 7.68. The molecule has 2 unspecified atom stereocenters. The monoisotopic (exact) mass is 393 g/mol. The molecule has 3 amide bonds. The number of hydrogen-bond acceptors (Lipinski definition) is 4. The first-order valence-corrected chi connectivity index (χ1v) is 9.82. The van der Waals surface area contributed by atoms with Gasteiger partial charge in [-0.3, -0.25) is 9.69 Å². The molecule has 1 aromatic rings. The highest BCUT2D eigenvalue weighted by Crippen LogP contribution is 2.42. The highest BCUT2D eigenvalue weighted by atomic mass is 35.5. The average molecular weight is 394 g/mol. The summed E-state index contributed by atoms with van der Waals surface area (Å²) in [5.41, 5.74) is 0.151. The minimum Gasteiger partial charge on any atom is -0.496 e. The number of amides is 3. The maximum atomic E-state index is 13.2. The standard InChI is InChI=1S/C20H28ClN3O3/c1-13-6-5-7-14(2)20(13)18(25)24(19(26)22-20)12-23(3)11-15-10-16(21)8-9-17(15)27-4/h8-10,13-14H,5-7,11-12H2,1-4H3,(H,22,26). The number of methoxy groups -OCH3 is 1. The van der Waals surface area contributed by atoms with E-state index in [4.69, 9.17) is 16.3 Å². The first-order valence-electron chi connectivity index (χ1n) is 9.44. The molecule has 1 N–H and O–H groups in total. The van der Waals surface area contributed by atoms with Crippen LogP contribution in [0.3, 0.4) is 0 Å². The summed E-state index contributed by atoms with van der Waals surface area (Å²) in [6, 6.07) is 5.14. The Balaban J connectivity index is 1.75. The van der Waals surface area contributed by atoms with Crippen LogP contribution < -0.4 is 10.1 Å². The molecule has 27 heavy (non-hydrogen) atoms. The molecule has 1 heterocycles. The van der Waals surface area contributed by atoms with Gasteiger partial charge in [0.25, 0.3) is 5.91 Å². The number of carbonyl (C=O) groups is 2. The lowest BCUT2D eigenvalue weighted by Gasteiger charge is -2.42. The molecule has 1 aliphatic carbocycles. The van der Waals surface area contributed by atoms with Gasteiger partial charge in [0.2, 0.25) is 0 Å². The summed E-state index contributed by atoms with van der Waals surface area (Å²) >= 11 is 6.10. The summed E-state index contributed by atoms with van der Waals surface area (Å²) in [5.74, 6) is 0.911. The molecule has 6 nitrogen and oxygen atoms in total. The minimum absolute atomic E-state index is 0.0999. The average Bonchev–Trinajstić information content (AvgIpc) is 2.86. The molecule has 1 aromatic carbocycles. The van der Waals surface area contributed by atoms with E-state index in [0.717, 1.165) is 30.6 Å². The van der Waals surface area contributed by atoms with Crippen LogP contribution in [0.1, 0.15) is 38.7 Å². The Morgan fingerprint density at radius 1 is 1.30 bits per heavy atom. The van der Waals surface area contributed by atoms with Crippen molar-refractivity contribution in [3.63, 3.8) is 0 Å². The van der Waals surface area contributed by atoms with Crippen molar-refractivity contribution in [2.24, 2.45) is 11.8 Å². The number of imide groups is 1. The molecule has 148 valence electrons. The first kappa shape index (κ1) is 20.0. The van der Waals surface area contributed by atoms with Gasteiger partial charge >= 0.3 is 6.03 Å². The summed E-state index contributed by atoms with van der Waals surface area (Å²) in [5, 5.41) is 3.66. The second-order valence-electron chi connectivity index (χ2n) is 7.88. The van der Waals surface area contributed by atoms with Crippen LogP contribution in [0.5, 0.6) is 5.75 Å². The van der Waals surface area contributed by atoms with Crippen molar-refractivity contribution in [3.8, 4) is 5.75 Å². The number of benzene rings is 1. The molecule has 1 spiro atoms. The molecule has 0 radical (unpaired) electrons. The van der Waals surface area contributed by atoms with Gasteiger partial charge in [0, 0.05) is 17.1 Å². The Morgan fingerprint density at radius 2 is 1.96 bits per heavy atom. The van der Waals surface area contributed by atoms with Crippen molar-refractivity contribution in [1.82, 2.24) is 15.1 Å². The van der Waals surface area contributed by atoms with Crippen LogP contribution in [-0.2, 0) is 11.3 Å². The summed E-state index contributed by atoms with van der Waals surface area (Å²) < 4.78 is 5.39. The first-order chi connectivity index (χ1) is 12.8. The molecule has 2 fully saturated rings. The highest BCUT2D eigenvalue weighted by molar-refractivity contribution is 6.30. The Morgan fingerprint density at radius 3 is 2.59 bits per heavy atom. The maximum Gasteiger partial charge on any atom is 0.326 e. The lowest BCUT2D eigenvalue weighted by Crippen LogP contribution is -2.59. The fourth-order valence-corrected chi connectivity index (χ4v) is 4.73. The van der Waals surface area contributed by atoms with Gasteiger partial charge in [-0.25, -0.2) is 9.69 Å². The number of nitrogens with zero attached hydrogens (tertiary/aromatic N) is 2. The van der Waals surface area contributed by atoms with Gasteiger partial charge < -0.3 is 10.1 Å².